The van der Waals surface area contributed by atoms with E-state index in [-0.39, 0.29) is 11.8 Å². The molecule has 3 unspecified atom stereocenters. The summed E-state index contributed by atoms with van der Waals surface area (Å²) in [6.45, 7) is 2.09. The molecule has 0 aliphatic heterocycles. The number of fused-ring (bicyclic) bond motifs is 1. The first-order valence-corrected chi connectivity index (χ1v) is 6.85. The summed E-state index contributed by atoms with van der Waals surface area (Å²) in [6, 6.07) is 3.79. The topological polar surface area (TPSA) is 90.9 Å². The van der Waals surface area contributed by atoms with Gasteiger partial charge in [0.15, 0.2) is 5.65 Å². The molecule has 0 amide bonds. The van der Waals surface area contributed by atoms with Gasteiger partial charge in [-0.3, -0.25) is 4.79 Å². The van der Waals surface area contributed by atoms with Crippen molar-refractivity contribution in [1.82, 2.24) is 15.0 Å². The Morgan fingerprint density at radius 2 is 2.20 bits per heavy atom. The Hall–Kier alpha value is -2.11. The van der Waals surface area contributed by atoms with E-state index >= 15 is 0 Å². The lowest BCUT2D eigenvalue weighted by Gasteiger charge is -2.12. The number of aliphatic carboxylic acids is 1. The van der Waals surface area contributed by atoms with E-state index in [0.29, 0.717) is 18.0 Å². The Morgan fingerprint density at radius 1 is 1.40 bits per heavy atom. The van der Waals surface area contributed by atoms with Crippen molar-refractivity contribution < 1.29 is 9.90 Å². The van der Waals surface area contributed by atoms with E-state index in [1.165, 1.54) is 0 Å². The number of aromatic amines is 1. The number of H-pyrrole nitrogens is 1. The lowest BCUT2D eigenvalue weighted by Crippen LogP contribution is -2.17. The molecule has 3 rings (SSSR count). The van der Waals surface area contributed by atoms with Crippen molar-refractivity contribution in [2.75, 3.05) is 12.4 Å². The number of nitrogens with zero attached hydrogens (tertiary/aromatic N) is 2. The number of imidazole rings is 1. The van der Waals surface area contributed by atoms with Gasteiger partial charge in [-0.05, 0) is 30.9 Å². The fourth-order valence-corrected chi connectivity index (χ4v) is 3.09. The van der Waals surface area contributed by atoms with Crippen LogP contribution in [0.3, 0.4) is 0 Å². The molecule has 106 valence electrons. The van der Waals surface area contributed by atoms with Gasteiger partial charge in [-0.25, -0.2) is 9.97 Å². The smallest absolute Gasteiger partial charge is 0.307 e. The fourth-order valence-electron chi connectivity index (χ4n) is 3.09. The molecule has 2 aromatic heterocycles. The molecule has 6 heteroatoms. The summed E-state index contributed by atoms with van der Waals surface area (Å²) in [7, 11) is 1.81. The average molecular weight is 274 g/mol. The first-order valence-electron chi connectivity index (χ1n) is 6.85. The molecule has 1 aliphatic carbocycles. The largest absolute Gasteiger partial charge is 0.481 e. The van der Waals surface area contributed by atoms with Crippen LogP contribution in [0.4, 0.5) is 5.82 Å². The van der Waals surface area contributed by atoms with Crippen molar-refractivity contribution in [3.63, 3.8) is 0 Å². The first kappa shape index (κ1) is 12.9. The zero-order valence-corrected chi connectivity index (χ0v) is 11.6. The average Bonchev–Trinajstić information content (AvgIpc) is 3.00. The number of aromatic nitrogens is 3. The van der Waals surface area contributed by atoms with Gasteiger partial charge >= 0.3 is 5.97 Å². The molecule has 2 heterocycles. The van der Waals surface area contributed by atoms with Gasteiger partial charge in [-0.2, -0.15) is 0 Å². The van der Waals surface area contributed by atoms with Crippen LogP contribution < -0.4 is 5.32 Å². The van der Waals surface area contributed by atoms with Gasteiger partial charge in [0.2, 0.25) is 0 Å². The molecular formula is C14H18N4O2. The third-order valence-corrected chi connectivity index (χ3v) is 4.09. The summed E-state index contributed by atoms with van der Waals surface area (Å²) in [5, 5.41) is 12.3. The maximum absolute atomic E-state index is 11.4. The lowest BCUT2D eigenvalue weighted by molar-refractivity contribution is -0.142. The molecule has 6 nitrogen and oxygen atoms in total. The predicted octanol–water partition coefficient (Wildman–Crippen LogP) is 2.21. The van der Waals surface area contributed by atoms with Crippen LogP contribution in [0, 0.1) is 11.8 Å². The molecule has 1 aliphatic rings. The van der Waals surface area contributed by atoms with Crippen LogP contribution >= 0.6 is 0 Å². The Kier molecular flexibility index (Phi) is 3.08. The zero-order valence-electron chi connectivity index (χ0n) is 11.6. The Labute approximate surface area is 116 Å². The number of anilines is 1. The zero-order chi connectivity index (χ0) is 14.3. The normalized spacial score (nSPS) is 26.0. The van der Waals surface area contributed by atoms with Crippen molar-refractivity contribution in [2.45, 2.75) is 25.7 Å². The van der Waals surface area contributed by atoms with Gasteiger partial charge in [0.1, 0.15) is 11.6 Å². The number of rotatable bonds is 3. The van der Waals surface area contributed by atoms with E-state index < -0.39 is 5.97 Å². The SMILES string of the molecule is CNc1ccc2[nH]c(C3CC(C)CC3C(=O)O)nc2n1. The van der Waals surface area contributed by atoms with Gasteiger partial charge in [-0.1, -0.05) is 6.92 Å². The number of pyridine rings is 1. The second-order valence-electron chi connectivity index (χ2n) is 5.57. The molecule has 1 fully saturated rings. The molecule has 0 spiro atoms. The van der Waals surface area contributed by atoms with Gasteiger partial charge in [-0.15, -0.1) is 0 Å². The van der Waals surface area contributed by atoms with Crippen molar-refractivity contribution >= 4 is 23.0 Å². The summed E-state index contributed by atoms with van der Waals surface area (Å²) in [5.74, 6) is 0.783. The highest BCUT2D eigenvalue weighted by atomic mass is 16.4. The third-order valence-electron chi connectivity index (χ3n) is 4.09. The van der Waals surface area contributed by atoms with Crippen LogP contribution in [0.2, 0.25) is 0 Å². The summed E-state index contributed by atoms with van der Waals surface area (Å²) >= 11 is 0. The maximum Gasteiger partial charge on any atom is 0.307 e. The standard InChI is InChI=1S/C14H18N4O2/c1-7-5-8(9(6-7)14(19)20)12-16-10-3-4-11(15-2)17-13(10)18-12/h3-4,7-9H,5-6H2,1-2H3,(H,19,20)(H2,15,16,17,18). The van der Waals surface area contributed by atoms with Crippen LogP contribution in [0.15, 0.2) is 12.1 Å². The first-order chi connectivity index (χ1) is 9.58. The molecule has 0 bridgehead atoms. The Bertz CT molecular complexity index is 652. The minimum Gasteiger partial charge on any atom is -0.481 e. The summed E-state index contributed by atoms with van der Waals surface area (Å²) in [6.07, 6.45) is 1.57. The highest BCUT2D eigenvalue weighted by Gasteiger charge is 2.39. The number of nitrogens with one attached hydrogen (secondary N) is 2. The van der Waals surface area contributed by atoms with Crippen molar-refractivity contribution in [3.05, 3.63) is 18.0 Å². The number of carbonyl (C=O) groups is 1. The molecule has 3 atom stereocenters. The number of hydrogen-bond donors (Lipinski definition) is 3. The van der Waals surface area contributed by atoms with E-state index in [2.05, 4.69) is 27.2 Å². The monoisotopic (exact) mass is 274 g/mol. The van der Waals surface area contributed by atoms with E-state index in [1.807, 2.05) is 12.1 Å². The molecule has 0 aromatic carbocycles. The molecule has 0 radical (unpaired) electrons. The molecule has 20 heavy (non-hydrogen) atoms. The van der Waals surface area contributed by atoms with Gasteiger partial charge in [0.05, 0.1) is 11.4 Å². The summed E-state index contributed by atoms with van der Waals surface area (Å²) in [4.78, 5) is 23.5. The van der Waals surface area contributed by atoms with Gasteiger partial charge in [0.25, 0.3) is 0 Å². The molecule has 2 aromatic rings. The molecular weight excluding hydrogens is 256 g/mol. The maximum atomic E-state index is 11.4. The summed E-state index contributed by atoms with van der Waals surface area (Å²) in [5.41, 5.74) is 1.48. The van der Waals surface area contributed by atoms with E-state index in [0.717, 1.165) is 23.6 Å². The summed E-state index contributed by atoms with van der Waals surface area (Å²) < 4.78 is 0. The Balaban J connectivity index is 1.99. The minimum atomic E-state index is -0.733. The van der Waals surface area contributed by atoms with Crippen LogP contribution in [0.25, 0.3) is 11.2 Å². The molecule has 0 saturated heterocycles. The second-order valence-corrected chi connectivity index (χ2v) is 5.57. The minimum absolute atomic E-state index is 0.0465. The van der Waals surface area contributed by atoms with Crippen molar-refractivity contribution in [2.24, 2.45) is 11.8 Å². The number of carboxylic acid groups (broad SMARTS) is 1. The van der Waals surface area contributed by atoms with Gasteiger partial charge in [0, 0.05) is 13.0 Å². The highest BCUT2D eigenvalue weighted by molar-refractivity contribution is 5.74. The van der Waals surface area contributed by atoms with Crippen molar-refractivity contribution in [1.29, 1.82) is 0 Å². The molecule has 1 saturated carbocycles. The molecule has 3 N–H and O–H groups in total. The number of hydrogen-bond acceptors (Lipinski definition) is 4. The highest BCUT2D eigenvalue weighted by Crippen LogP contribution is 2.42. The Morgan fingerprint density at radius 3 is 2.90 bits per heavy atom. The second kappa shape index (κ2) is 4.77. The van der Waals surface area contributed by atoms with E-state index in [1.54, 1.807) is 7.05 Å². The lowest BCUT2D eigenvalue weighted by atomic mass is 9.96. The van der Waals surface area contributed by atoms with Crippen molar-refractivity contribution in [3.8, 4) is 0 Å². The predicted molar refractivity (Wildman–Crippen MR) is 75.7 cm³/mol. The van der Waals surface area contributed by atoms with Crippen LogP contribution in [0.5, 0.6) is 0 Å². The number of carboxylic acids is 1. The fraction of sp³-hybridized carbons (Fsp3) is 0.500. The quantitative estimate of drug-likeness (QED) is 0.798. The van der Waals surface area contributed by atoms with E-state index in [4.69, 9.17) is 0 Å². The van der Waals surface area contributed by atoms with Crippen LogP contribution in [-0.2, 0) is 4.79 Å². The van der Waals surface area contributed by atoms with Crippen LogP contribution in [-0.4, -0.2) is 33.1 Å². The van der Waals surface area contributed by atoms with E-state index in [9.17, 15) is 9.90 Å². The van der Waals surface area contributed by atoms with Gasteiger partial charge < -0.3 is 15.4 Å². The van der Waals surface area contributed by atoms with Crippen LogP contribution in [0.1, 0.15) is 31.5 Å². The third kappa shape index (κ3) is 2.11.